The lowest BCUT2D eigenvalue weighted by atomic mass is 9.91. The fourth-order valence-corrected chi connectivity index (χ4v) is 8.82. The summed E-state index contributed by atoms with van der Waals surface area (Å²) in [7, 11) is 0. The first kappa shape index (κ1) is 40.0. The van der Waals surface area contributed by atoms with Gasteiger partial charge in [0.15, 0.2) is 5.84 Å². The summed E-state index contributed by atoms with van der Waals surface area (Å²) in [6.07, 6.45) is 13.5. The average Bonchev–Trinajstić information content (AvgIpc) is 3.87. The topological polar surface area (TPSA) is 42.8 Å². The van der Waals surface area contributed by atoms with Crippen LogP contribution in [0.1, 0.15) is 42.9 Å². The van der Waals surface area contributed by atoms with Crippen molar-refractivity contribution in [3.05, 3.63) is 244 Å². The van der Waals surface area contributed by atoms with Crippen LogP contribution < -0.4 is 21.3 Å². The second kappa shape index (κ2) is 17.7. The van der Waals surface area contributed by atoms with Crippen LogP contribution in [0.2, 0.25) is 0 Å². The van der Waals surface area contributed by atoms with E-state index in [0.29, 0.717) is 11.5 Å². The second-order valence-electron chi connectivity index (χ2n) is 16.2. The van der Waals surface area contributed by atoms with Gasteiger partial charge >= 0.3 is 0 Å². The maximum absolute atomic E-state index is 6.55. The normalized spacial score (nSPS) is 14.8. The molecule has 0 radical (unpaired) electrons. The summed E-state index contributed by atoms with van der Waals surface area (Å²) >= 11 is 0. The van der Waals surface area contributed by atoms with Crippen molar-refractivity contribution in [2.75, 3.05) is 0 Å². The number of aliphatic imine (C=N–C) groups is 2. The largest absolute Gasteiger partial charge is 0.456 e. The highest BCUT2D eigenvalue weighted by atomic mass is 16.3. The Balaban J connectivity index is 1.09. The number of hydrogen-bond acceptors (Lipinski definition) is 2. The van der Waals surface area contributed by atoms with E-state index in [1.165, 1.54) is 49.6 Å². The number of aromatic nitrogens is 1. The fourth-order valence-electron chi connectivity index (χ4n) is 8.82. The molecular weight excluding hydrogens is 779 g/mol. The van der Waals surface area contributed by atoms with Gasteiger partial charge in [0.05, 0.1) is 16.7 Å². The number of furan rings is 1. The summed E-state index contributed by atoms with van der Waals surface area (Å²) in [6, 6.07) is 64.3. The Hall–Kier alpha value is -8.08. The van der Waals surface area contributed by atoms with Gasteiger partial charge in [0.2, 0.25) is 0 Å². The summed E-state index contributed by atoms with van der Waals surface area (Å²) in [5.74, 6) is 0.725. The predicted octanol–water partition coefficient (Wildman–Crippen LogP) is 12.1. The van der Waals surface area contributed by atoms with Gasteiger partial charge in [0, 0.05) is 44.1 Å². The summed E-state index contributed by atoms with van der Waals surface area (Å²) in [5, 5.41) is 4.44. The van der Waals surface area contributed by atoms with Crippen LogP contribution in [0.15, 0.2) is 221 Å². The van der Waals surface area contributed by atoms with Crippen molar-refractivity contribution in [3.8, 4) is 27.9 Å². The van der Waals surface area contributed by atoms with E-state index < -0.39 is 0 Å². The van der Waals surface area contributed by atoms with E-state index >= 15 is 0 Å². The number of nitrogens with zero attached hydrogens (tertiary/aromatic N) is 3. The van der Waals surface area contributed by atoms with Gasteiger partial charge in [-0.2, -0.15) is 0 Å². The van der Waals surface area contributed by atoms with Crippen molar-refractivity contribution in [3.63, 3.8) is 0 Å². The Morgan fingerprint density at radius 3 is 1.92 bits per heavy atom. The lowest BCUT2D eigenvalue weighted by Gasteiger charge is -2.15. The SMILES string of the molecule is C=C(C=c1c2c(o/c1=C/C=C\C)=CCC(c1ccc3c(c1)c1ccccc1n3-c1cc(-c3ccccc3)cc(-c3ccccc3)c1)C=2)N=C(N=C(C)c1ccccc1)c1ccccc1. The molecule has 10 rings (SSSR count). The summed E-state index contributed by atoms with van der Waals surface area (Å²) < 4.78 is 8.98. The van der Waals surface area contributed by atoms with Gasteiger partial charge in [-0.1, -0.05) is 170 Å². The highest BCUT2D eigenvalue weighted by Crippen LogP contribution is 2.38. The maximum atomic E-state index is 6.55. The molecule has 1 aliphatic rings. The summed E-state index contributed by atoms with van der Waals surface area (Å²) in [6.45, 7) is 8.47. The van der Waals surface area contributed by atoms with E-state index in [0.717, 1.165) is 50.2 Å². The molecule has 2 heterocycles. The molecule has 0 spiro atoms. The Bertz CT molecular complexity index is 3480. The Morgan fingerprint density at radius 1 is 0.641 bits per heavy atom. The van der Waals surface area contributed by atoms with Gasteiger partial charge in [-0.25, -0.2) is 9.98 Å². The molecule has 1 atom stereocenters. The van der Waals surface area contributed by atoms with E-state index in [4.69, 9.17) is 14.4 Å². The van der Waals surface area contributed by atoms with Crippen molar-refractivity contribution >= 4 is 57.7 Å². The standard InChI is InChI=1S/C60H47N3O/c1-4-5-30-58-54(35-41(2)61-60(46-26-16-9-17-27-46)62-42(3)43-20-10-6-11-21-43)55-40-48(32-34-59(55)64-58)47-31-33-57-53(39-47)52-28-18-19-29-56(52)63(57)51-37-49(44-22-12-7-13-23-44)36-50(38-51)45-24-14-8-15-25-45/h4-31,33-40,48H,2,32H2,1,3H3/b5-4-,54-35?,58-30+,61-60?,62-42?. The van der Waals surface area contributed by atoms with Crippen LogP contribution in [0.4, 0.5) is 0 Å². The molecule has 0 amide bonds. The Kier molecular flexibility index (Phi) is 11.1. The first-order valence-electron chi connectivity index (χ1n) is 21.9. The molecule has 2 aromatic heterocycles. The molecule has 0 fully saturated rings. The molecule has 0 N–H and O–H groups in total. The van der Waals surface area contributed by atoms with Gasteiger partial charge in [0.1, 0.15) is 10.8 Å². The molecule has 9 aromatic rings. The zero-order valence-corrected chi connectivity index (χ0v) is 36.0. The number of para-hydroxylation sites is 1. The minimum absolute atomic E-state index is 0.124. The molecule has 64 heavy (non-hydrogen) atoms. The number of allylic oxidation sites excluding steroid dienone is 3. The third-order valence-corrected chi connectivity index (χ3v) is 12.0. The molecule has 0 bridgehead atoms. The van der Waals surface area contributed by atoms with Gasteiger partial charge < -0.3 is 8.98 Å². The molecule has 0 saturated heterocycles. The monoisotopic (exact) mass is 825 g/mol. The minimum Gasteiger partial charge on any atom is -0.456 e. The lowest BCUT2D eigenvalue weighted by molar-refractivity contribution is 0.495. The zero-order valence-electron chi connectivity index (χ0n) is 36.0. The molecule has 1 aliphatic carbocycles. The van der Waals surface area contributed by atoms with E-state index in [-0.39, 0.29) is 5.92 Å². The van der Waals surface area contributed by atoms with Gasteiger partial charge in [0.25, 0.3) is 0 Å². The van der Waals surface area contributed by atoms with Crippen molar-refractivity contribution in [2.24, 2.45) is 9.98 Å². The fraction of sp³-hybridized carbons (Fsp3) is 0.0667. The third kappa shape index (κ3) is 8.05. The van der Waals surface area contributed by atoms with Crippen LogP contribution in [0, 0.1) is 0 Å². The van der Waals surface area contributed by atoms with Gasteiger partial charge in [-0.3, -0.25) is 0 Å². The van der Waals surface area contributed by atoms with Crippen molar-refractivity contribution in [1.29, 1.82) is 0 Å². The molecule has 7 aromatic carbocycles. The zero-order chi connectivity index (χ0) is 43.4. The third-order valence-electron chi connectivity index (χ3n) is 12.0. The molecule has 308 valence electrons. The molecule has 4 nitrogen and oxygen atoms in total. The lowest BCUT2D eigenvalue weighted by Crippen LogP contribution is -2.39. The smallest absolute Gasteiger partial charge is 0.159 e. The van der Waals surface area contributed by atoms with Crippen LogP contribution >= 0.6 is 0 Å². The van der Waals surface area contributed by atoms with Crippen LogP contribution in [0.5, 0.6) is 0 Å². The highest BCUT2D eigenvalue weighted by Gasteiger charge is 2.19. The number of benzene rings is 7. The van der Waals surface area contributed by atoms with E-state index in [1.54, 1.807) is 0 Å². The first-order valence-corrected chi connectivity index (χ1v) is 21.9. The van der Waals surface area contributed by atoms with Crippen LogP contribution in [-0.4, -0.2) is 16.1 Å². The number of amidine groups is 1. The van der Waals surface area contributed by atoms with Crippen LogP contribution in [0.25, 0.3) is 74.1 Å². The Labute approximate surface area is 373 Å². The quantitative estimate of drug-likeness (QED) is 0.106. The van der Waals surface area contributed by atoms with Gasteiger partial charge in [-0.05, 0) is 108 Å². The molecule has 1 unspecified atom stereocenters. The highest BCUT2D eigenvalue weighted by molar-refractivity contribution is 6.12. The van der Waals surface area contributed by atoms with Crippen LogP contribution in [-0.2, 0) is 0 Å². The number of hydrogen-bond donors (Lipinski definition) is 0. The average molecular weight is 826 g/mol. The Morgan fingerprint density at radius 2 is 1.25 bits per heavy atom. The van der Waals surface area contributed by atoms with Crippen molar-refractivity contribution in [1.82, 2.24) is 4.57 Å². The van der Waals surface area contributed by atoms with Crippen LogP contribution in [0.3, 0.4) is 0 Å². The maximum Gasteiger partial charge on any atom is 0.159 e. The van der Waals surface area contributed by atoms with E-state index in [1.807, 2.05) is 86.7 Å². The summed E-state index contributed by atoms with van der Waals surface area (Å²) in [4.78, 5) is 10.1. The van der Waals surface area contributed by atoms with Crippen molar-refractivity contribution < 1.29 is 4.42 Å². The second-order valence-corrected chi connectivity index (χ2v) is 16.2. The predicted molar refractivity (Wildman–Crippen MR) is 270 cm³/mol. The van der Waals surface area contributed by atoms with Crippen molar-refractivity contribution in [2.45, 2.75) is 26.2 Å². The van der Waals surface area contributed by atoms with E-state index in [9.17, 15) is 0 Å². The molecular formula is C60H47N3O. The minimum atomic E-state index is 0.124. The van der Waals surface area contributed by atoms with Gasteiger partial charge in [-0.15, -0.1) is 0 Å². The molecule has 0 saturated carbocycles. The summed E-state index contributed by atoms with van der Waals surface area (Å²) in [5.41, 5.74) is 14.5. The number of fused-ring (bicyclic) bond motifs is 4. The molecule has 4 heteroatoms. The first-order chi connectivity index (χ1) is 31.5. The number of rotatable bonds is 9. The molecule has 0 aliphatic heterocycles. The van der Waals surface area contributed by atoms with E-state index in [2.05, 4.69) is 157 Å².